The highest BCUT2D eigenvalue weighted by molar-refractivity contribution is 5.27. The maximum Gasteiger partial charge on any atom is 0.119 e. The summed E-state index contributed by atoms with van der Waals surface area (Å²) in [7, 11) is 0. The molecular formula is C16H24N4O. The highest BCUT2D eigenvalue weighted by Crippen LogP contribution is 2.13. The lowest BCUT2D eigenvalue weighted by atomic mass is 10.2. The Bertz CT molecular complexity index is 565. The maximum absolute atomic E-state index is 5.74. The molecule has 0 aliphatic rings. The van der Waals surface area contributed by atoms with E-state index in [0.717, 1.165) is 49.6 Å². The third-order valence-corrected chi connectivity index (χ3v) is 3.48. The summed E-state index contributed by atoms with van der Waals surface area (Å²) in [5, 5.41) is 8.34. The lowest BCUT2D eigenvalue weighted by Crippen LogP contribution is -2.07. The number of aryl methyl sites for hydroxylation is 2. The summed E-state index contributed by atoms with van der Waals surface area (Å²) >= 11 is 0. The first-order valence-electron chi connectivity index (χ1n) is 7.49. The van der Waals surface area contributed by atoms with Crippen molar-refractivity contribution < 1.29 is 4.74 Å². The first kappa shape index (κ1) is 15.5. The average molecular weight is 288 g/mol. The molecule has 2 rings (SSSR count). The van der Waals surface area contributed by atoms with Gasteiger partial charge in [-0.1, -0.05) is 17.3 Å². The molecule has 0 aliphatic carbocycles. The molecule has 0 saturated heterocycles. The molecule has 0 fully saturated rings. The minimum absolute atomic E-state index is 0.615. The molecule has 5 heteroatoms. The van der Waals surface area contributed by atoms with Crippen LogP contribution in [0.5, 0.6) is 5.75 Å². The van der Waals surface area contributed by atoms with Gasteiger partial charge in [-0.15, -0.1) is 5.10 Å². The molecule has 1 heterocycles. The molecule has 114 valence electrons. The second-order valence-corrected chi connectivity index (χ2v) is 5.26. The Kier molecular flexibility index (Phi) is 5.75. The fourth-order valence-electron chi connectivity index (χ4n) is 2.24. The van der Waals surface area contributed by atoms with E-state index in [0.29, 0.717) is 6.54 Å². The van der Waals surface area contributed by atoms with E-state index in [9.17, 15) is 0 Å². The largest absolute Gasteiger partial charge is 0.494 e. The quantitative estimate of drug-likeness (QED) is 0.757. The van der Waals surface area contributed by atoms with Crippen molar-refractivity contribution in [2.45, 2.75) is 39.7 Å². The first-order valence-corrected chi connectivity index (χ1v) is 7.49. The number of aromatic nitrogens is 3. The number of ether oxygens (including phenoxy) is 1. The Morgan fingerprint density at radius 3 is 2.86 bits per heavy atom. The highest BCUT2D eigenvalue weighted by Gasteiger charge is 2.06. The molecule has 2 N–H and O–H groups in total. The van der Waals surface area contributed by atoms with Gasteiger partial charge in [0, 0.05) is 13.0 Å². The Balaban J connectivity index is 1.70. The summed E-state index contributed by atoms with van der Waals surface area (Å²) in [5.74, 6) is 0.942. The van der Waals surface area contributed by atoms with Crippen molar-refractivity contribution in [1.82, 2.24) is 15.0 Å². The van der Waals surface area contributed by atoms with Crippen LogP contribution in [0.1, 0.15) is 29.8 Å². The second kappa shape index (κ2) is 7.78. The summed E-state index contributed by atoms with van der Waals surface area (Å²) in [5.41, 5.74) is 8.90. The van der Waals surface area contributed by atoms with Gasteiger partial charge in [-0.2, -0.15) is 0 Å². The van der Waals surface area contributed by atoms with Crippen LogP contribution in [0.15, 0.2) is 24.3 Å². The Morgan fingerprint density at radius 1 is 1.24 bits per heavy atom. The Hall–Kier alpha value is -1.88. The number of benzene rings is 1. The molecule has 0 aliphatic heterocycles. The second-order valence-electron chi connectivity index (χ2n) is 5.26. The molecular weight excluding hydrogens is 264 g/mol. The Labute approximate surface area is 126 Å². The van der Waals surface area contributed by atoms with Crippen molar-refractivity contribution >= 4 is 0 Å². The number of nitrogens with two attached hydrogens (primary N) is 1. The van der Waals surface area contributed by atoms with Crippen molar-refractivity contribution in [1.29, 1.82) is 0 Å². The molecule has 0 unspecified atom stereocenters. The molecule has 0 bridgehead atoms. The molecule has 0 radical (unpaired) electrons. The number of rotatable bonds is 8. The number of hydrogen-bond donors (Lipinski definition) is 1. The summed E-state index contributed by atoms with van der Waals surface area (Å²) in [6, 6.07) is 8.13. The molecule has 5 nitrogen and oxygen atoms in total. The van der Waals surface area contributed by atoms with Gasteiger partial charge in [0.1, 0.15) is 5.75 Å². The topological polar surface area (TPSA) is 66.0 Å². The van der Waals surface area contributed by atoms with Gasteiger partial charge in [-0.3, -0.25) is 0 Å². The van der Waals surface area contributed by atoms with E-state index >= 15 is 0 Å². The summed E-state index contributed by atoms with van der Waals surface area (Å²) in [6.07, 6.45) is 2.82. The van der Waals surface area contributed by atoms with Crippen LogP contribution in [0.25, 0.3) is 0 Å². The van der Waals surface area contributed by atoms with Gasteiger partial charge < -0.3 is 10.5 Å². The van der Waals surface area contributed by atoms with Crippen LogP contribution in [0.4, 0.5) is 0 Å². The fraction of sp³-hybridized carbons (Fsp3) is 0.500. The number of nitrogens with zero attached hydrogens (tertiary/aromatic N) is 3. The van der Waals surface area contributed by atoms with Crippen molar-refractivity contribution in [2.75, 3.05) is 13.2 Å². The zero-order chi connectivity index (χ0) is 15.1. The lowest BCUT2D eigenvalue weighted by molar-refractivity contribution is 0.301. The van der Waals surface area contributed by atoms with E-state index in [1.807, 2.05) is 23.7 Å². The van der Waals surface area contributed by atoms with E-state index in [1.54, 1.807) is 0 Å². The summed E-state index contributed by atoms with van der Waals surface area (Å²) < 4.78 is 7.69. The van der Waals surface area contributed by atoms with Crippen LogP contribution < -0.4 is 10.5 Å². The smallest absolute Gasteiger partial charge is 0.119 e. The molecule has 2 aromatic rings. The highest BCUT2D eigenvalue weighted by atomic mass is 16.5. The van der Waals surface area contributed by atoms with Crippen LogP contribution in [-0.4, -0.2) is 28.1 Å². The number of unbranched alkanes of at least 4 members (excludes halogenated alkanes) is 1. The lowest BCUT2D eigenvalue weighted by Gasteiger charge is -2.07. The molecule has 1 aromatic carbocycles. The van der Waals surface area contributed by atoms with Gasteiger partial charge in [0.05, 0.1) is 18.0 Å². The van der Waals surface area contributed by atoms with E-state index in [4.69, 9.17) is 10.5 Å². The van der Waals surface area contributed by atoms with Gasteiger partial charge in [0.15, 0.2) is 0 Å². The fourth-order valence-corrected chi connectivity index (χ4v) is 2.24. The van der Waals surface area contributed by atoms with Gasteiger partial charge in [0.25, 0.3) is 0 Å². The molecule has 0 atom stereocenters. The minimum atomic E-state index is 0.615. The molecule has 0 spiro atoms. The van der Waals surface area contributed by atoms with Crippen LogP contribution in [0.3, 0.4) is 0 Å². The van der Waals surface area contributed by atoms with E-state index in [1.165, 1.54) is 5.56 Å². The van der Waals surface area contributed by atoms with E-state index in [2.05, 4.69) is 29.4 Å². The zero-order valence-electron chi connectivity index (χ0n) is 12.9. The SMILES string of the molecule is Cc1cccc(OCCCCn2nnc(CCN)c2C)c1. The monoisotopic (exact) mass is 288 g/mol. The van der Waals surface area contributed by atoms with Gasteiger partial charge in [-0.25, -0.2) is 4.68 Å². The van der Waals surface area contributed by atoms with E-state index in [-0.39, 0.29) is 0 Å². The summed E-state index contributed by atoms with van der Waals surface area (Å²) in [4.78, 5) is 0. The van der Waals surface area contributed by atoms with Crippen LogP contribution in [0.2, 0.25) is 0 Å². The van der Waals surface area contributed by atoms with Gasteiger partial charge in [0.2, 0.25) is 0 Å². The van der Waals surface area contributed by atoms with Crippen molar-refractivity contribution in [2.24, 2.45) is 5.73 Å². The van der Waals surface area contributed by atoms with Crippen LogP contribution in [0, 0.1) is 13.8 Å². The molecule has 1 aromatic heterocycles. The predicted octanol–water partition coefficient (Wildman–Crippen LogP) is 2.26. The summed E-state index contributed by atoms with van der Waals surface area (Å²) in [6.45, 7) is 6.34. The van der Waals surface area contributed by atoms with Crippen molar-refractivity contribution in [3.8, 4) is 5.75 Å². The van der Waals surface area contributed by atoms with Crippen molar-refractivity contribution in [3.05, 3.63) is 41.2 Å². The maximum atomic E-state index is 5.74. The standard InChI is InChI=1S/C16H24N4O/c1-13-6-5-7-15(12-13)21-11-4-3-10-20-14(2)16(8-9-17)18-19-20/h5-7,12H,3-4,8-11,17H2,1-2H3. The van der Waals surface area contributed by atoms with Crippen LogP contribution >= 0.6 is 0 Å². The van der Waals surface area contributed by atoms with Crippen molar-refractivity contribution in [3.63, 3.8) is 0 Å². The normalized spacial score (nSPS) is 10.8. The van der Waals surface area contributed by atoms with Gasteiger partial charge >= 0.3 is 0 Å². The predicted molar refractivity (Wildman–Crippen MR) is 83.4 cm³/mol. The minimum Gasteiger partial charge on any atom is -0.494 e. The zero-order valence-corrected chi connectivity index (χ0v) is 12.9. The first-order chi connectivity index (χ1) is 10.2. The average Bonchev–Trinajstić information content (AvgIpc) is 2.80. The number of hydrogen-bond acceptors (Lipinski definition) is 4. The van der Waals surface area contributed by atoms with Crippen LogP contribution in [-0.2, 0) is 13.0 Å². The van der Waals surface area contributed by atoms with Gasteiger partial charge in [-0.05, 0) is 50.9 Å². The molecule has 0 saturated carbocycles. The Morgan fingerprint density at radius 2 is 2.10 bits per heavy atom. The third-order valence-electron chi connectivity index (χ3n) is 3.48. The molecule has 0 amide bonds. The van der Waals surface area contributed by atoms with E-state index < -0.39 is 0 Å². The third kappa shape index (κ3) is 4.56. The molecule has 21 heavy (non-hydrogen) atoms.